The zero-order valence-electron chi connectivity index (χ0n) is 15.3. The minimum absolute atomic E-state index is 0.00806. The molecule has 1 rings (SSSR count). The maximum Gasteiger partial charge on any atom is 0.303 e. The van der Waals surface area contributed by atoms with Gasteiger partial charge >= 0.3 is 11.9 Å². The molecule has 1 aromatic rings. The summed E-state index contributed by atoms with van der Waals surface area (Å²) in [5.41, 5.74) is 1.56. The minimum atomic E-state index is -3.41. The molecule has 27 heavy (non-hydrogen) atoms. The second-order valence-corrected chi connectivity index (χ2v) is 7.81. The maximum absolute atomic E-state index is 10.8. The molecule has 0 saturated heterocycles. The predicted molar refractivity (Wildman–Crippen MR) is 98.5 cm³/mol. The summed E-state index contributed by atoms with van der Waals surface area (Å²) < 4.78 is 32.1. The Morgan fingerprint density at radius 1 is 0.963 bits per heavy atom. The van der Waals surface area contributed by atoms with Crippen LogP contribution in [0.1, 0.15) is 43.2 Å². The lowest BCUT2D eigenvalue weighted by Gasteiger charge is -2.13. The summed E-state index contributed by atoms with van der Waals surface area (Å²) in [7, 11) is -3.41. The molecule has 9 heteroatoms. The molecule has 0 atom stereocenters. The first kappa shape index (κ1) is 22.9. The molecule has 0 amide bonds. The zero-order chi connectivity index (χ0) is 20.3. The van der Waals surface area contributed by atoms with Gasteiger partial charge in [0.1, 0.15) is 5.75 Å². The quantitative estimate of drug-likeness (QED) is 0.358. The van der Waals surface area contributed by atoms with E-state index < -0.39 is 22.1 Å². The molecular formula is C18H26O8S. The second-order valence-electron chi connectivity index (χ2n) is 6.16. The molecule has 1 aromatic carbocycles. The third kappa shape index (κ3) is 11.2. The first-order valence-electron chi connectivity index (χ1n) is 8.70. The Bertz CT molecular complexity index is 727. The van der Waals surface area contributed by atoms with Crippen LogP contribution in [0.5, 0.6) is 5.75 Å². The van der Waals surface area contributed by atoms with Crippen molar-refractivity contribution in [1.82, 2.24) is 0 Å². The lowest BCUT2D eigenvalue weighted by Crippen LogP contribution is -2.06. The topological polar surface area (TPSA) is 127 Å². The van der Waals surface area contributed by atoms with Crippen LogP contribution in [0.2, 0.25) is 0 Å². The number of ether oxygens (including phenoxy) is 1. The number of aliphatic carboxylic acids is 2. The van der Waals surface area contributed by atoms with Gasteiger partial charge in [-0.15, -0.1) is 0 Å². The molecule has 0 saturated carbocycles. The first-order chi connectivity index (χ1) is 12.7. The number of aryl methyl sites for hydroxylation is 2. The zero-order valence-corrected chi connectivity index (χ0v) is 16.2. The molecule has 2 N–H and O–H groups in total. The predicted octanol–water partition coefficient (Wildman–Crippen LogP) is 2.25. The van der Waals surface area contributed by atoms with Gasteiger partial charge in [0.05, 0.1) is 19.5 Å². The highest BCUT2D eigenvalue weighted by Gasteiger charge is 2.09. The average molecular weight is 402 g/mol. The van der Waals surface area contributed by atoms with Crippen molar-refractivity contribution in [2.75, 3.05) is 19.5 Å². The van der Waals surface area contributed by atoms with E-state index in [4.69, 9.17) is 14.9 Å². The average Bonchev–Trinajstić information content (AvgIpc) is 2.57. The van der Waals surface area contributed by atoms with Crippen molar-refractivity contribution >= 4 is 22.1 Å². The van der Waals surface area contributed by atoms with Gasteiger partial charge in [0.25, 0.3) is 10.1 Å². The Morgan fingerprint density at radius 3 is 2.22 bits per heavy atom. The van der Waals surface area contributed by atoms with E-state index in [0.29, 0.717) is 38.0 Å². The third-order valence-corrected chi connectivity index (χ3v) is 4.30. The number of benzene rings is 1. The number of carboxylic acids is 2. The molecule has 0 aliphatic carbocycles. The van der Waals surface area contributed by atoms with E-state index in [1.807, 2.05) is 0 Å². The number of hydrogen-bond acceptors (Lipinski definition) is 6. The molecule has 0 radical (unpaired) electrons. The lowest BCUT2D eigenvalue weighted by atomic mass is 10.0. The summed E-state index contributed by atoms with van der Waals surface area (Å²) in [5, 5.41) is 17.7. The van der Waals surface area contributed by atoms with E-state index in [-0.39, 0.29) is 19.4 Å². The van der Waals surface area contributed by atoms with E-state index in [1.165, 1.54) is 0 Å². The van der Waals surface area contributed by atoms with Crippen molar-refractivity contribution in [3.63, 3.8) is 0 Å². The summed E-state index contributed by atoms with van der Waals surface area (Å²) >= 11 is 0. The van der Waals surface area contributed by atoms with Crippen LogP contribution in [0, 0.1) is 0 Å². The van der Waals surface area contributed by atoms with Gasteiger partial charge in [-0.25, -0.2) is 0 Å². The van der Waals surface area contributed by atoms with Crippen molar-refractivity contribution < 1.29 is 37.1 Å². The molecule has 0 heterocycles. The van der Waals surface area contributed by atoms with E-state index in [9.17, 15) is 18.0 Å². The molecular weight excluding hydrogens is 376 g/mol. The molecule has 0 aromatic heterocycles. The van der Waals surface area contributed by atoms with Gasteiger partial charge in [0.15, 0.2) is 0 Å². The molecule has 0 spiro atoms. The Kier molecular flexibility index (Phi) is 9.81. The highest BCUT2D eigenvalue weighted by Crippen LogP contribution is 2.23. The Hall–Kier alpha value is -2.13. The van der Waals surface area contributed by atoms with E-state index >= 15 is 0 Å². The molecule has 0 unspecified atom stereocenters. The minimum Gasteiger partial charge on any atom is -0.493 e. The largest absolute Gasteiger partial charge is 0.493 e. The Morgan fingerprint density at radius 2 is 1.59 bits per heavy atom. The van der Waals surface area contributed by atoms with Crippen LogP contribution in [0.4, 0.5) is 0 Å². The fourth-order valence-electron chi connectivity index (χ4n) is 2.39. The smallest absolute Gasteiger partial charge is 0.303 e. The molecule has 0 aliphatic rings. The van der Waals surface area contributed by atoms with Gasteiger partial charge < -0.3 is 14.9 Å². The maximum atomic E-state index is 10.8. The molecule has 0 bridgehead atoms. The van der Waals surface area contributed by atoms with Gasteiger partial charge in [0, 0.05) is 12.8 Å². The first-order valence-corrected chi connectivity index (χ1v) is 10.5. The van der Waals surface area contributed by atoms with Crippen molar-refractivity contribution in [3.8, 4) is 5.75 Å². The van der Waals surface area contributed by atoms with Crippen LogP contribution < -0.4 is 4.74 Å². The summed E-state index contributed by atoms with van der Waals surface area (Å²) in [4.78, 5) is 21.5. The number of rotatable bonds is 14. The van der Waals surface area contributed by atoms with Gasteiger partial charge in [0.2, 0.25) is 0 Å². The van der Waals surface area contributed by atoms with Crippen molar-refractivity contribution in [3.05, 3.63) is 29.3 Å². The molecule has 8 nitrogen and oxygen atoms in total. The highest BCUT2D eigenvalue weighted by atomic mass is 32.2. The Balaban J connectivity index is 2.53. The van der Waals surface area contributed by atoms with Crippen LogP contribution in [-0.4, -0.2) is 50.0 Å². The van der Waals surface area contributed by atoms with Crippen LogP contribution >= 0.6 is 0 Å². The monoisotopic (exact) mass is 402 g/mol. The summed E-state index contributed by atoms with van der Waals surface area (Å²) in [6.07, 6.45) is 3.67. The number of carboxylic acid groups (broad SMARTS) is 2. The normalized spacial score (nSPS) is 11.3. The van der Waals surface area contributed by atoms with Crippen LogP contribution in [-0.2, 0) is 36.7 Å². The SMILES string of the molecule is CS(=O)(=O)OCCCCCOc1ccc(CCC(=O)O)cc1CCC(=O)O. The number of carbonyl (C=O) groups is 2. The summed E-state index contributed by atoms with van der Waals surface area (Å²) in [6, 6.07) is 5.31. The van der Waals surface area contributed by atoms with E-state index in [2.05, 4.69) is 4.18 Å². The van der Waals surface area contributed by atoms with Crippen LogP contribution in [0.15, 0.2) is 18.2 Å². The number of hydrogen-bond donors (Lipinski definition) is 2. The van der Waals surface area contributed by atoms with Crippen molar-refractivity contribution in [2.24, 2.45) is 0 Å². The van der Waals surface area contributed by atoms with Crippen molar-refractivity contribution in [1.29, 1.82) is 0 Å². The van der Waals surface area contributed by atoms with Gasteiger partial charge in [-0.2, -0.15) is 8.42 Å². The third-order valence-electron chi connectivity index (χ3n) is 3.70. The second kappa shape index (κ2) is 11.6. The highest BCUT2D eigenvalue weighted by molar-refractivity contribution is 7.85. The summed E-state index contributed by atoms with van der Waals surface area (Å²) in [5.74, 6) is -1.22. The fraction of sp³-hybridized carbons (Fsp3) is 0.556. The van der Waals surface area contributed by atoms with E-state index in [0.717, 1.165) is 23.8 Å². The fourth-order valence-corrected chi connectivity index (χ4v) is 2.81. The van der Waals surface area contributed by atoms with Gasteiger partial charge in [-0.3, -0.25) is 13.8 Å². The Labute approximate surface area is 159 Å². The van der Waals surface area contributed by atoms with Crippen LogP contribution in [0.3, 0.4) is 0 Å². The number of unbranched alkanes of at least 4 members (excludes halogenated alkanes) is 2. The summed E-state index contributed by atoms with van der Waals surface area (Å²) in [6.45, 7) is 0.550. The van der Waals surface area contributed by atoms with Crippen LogP contribution in [0.25, 0.3) is 0 Å². The molecule has 0 fully saturated rings. The standard InChI is InChI=1S/C18H26O8S/c1-27(23,24)26-12-4-2-3-11-25-16-8-5-14(6-9-17(19)20)13-15(16)7-10-18(21)22/h5,8,13H,2-4,6-7,9-12H2,1H3,(H,19,20)(H,21,22). The van der Waals surface area contributed by atoms with Gasteiger partial charge in [-0.05, 0) is 49.3 Å². The molecule has 152 valence electrons. The van der Waals surface area contributed by atoms with Gasteiger partial charge in [-0.1, -0.05) is 12.1 Å². The van der Waals surface area contributed by atoms with Crippen molar-refractivity contribution in [2.45, 2.75) is 44.9 Å². The molecule has 0 aliphatic heterocycles. The lowest BCUT2D eigenvalue weighted by molar-refractivity contribution is -0.137. The van der Waals surface area contributed by atoms with E-state index in [1.54, 1.807) is 18.2 Å².